The Morgan fingerprint density at radius 3 is 1.59 bits per heavy atom. The molecule has 5 rings (SSSR count). The normalized spacial score (nSPS) is 11.4. The van der Waals surface area contributed by atoms with Gasteiger partial charge in [-0.3, -0.25) is 0 Å². The molecule has 0 aromatic heterocycles. The lowest BCUT2D eigenvalue weighted by molar-refractivity contribution is 0.0719. The van der Waals surface area contributed by atoms with Gasteiger partial charge < -0.3 is 9.47 Å². The van der Waals surface area contributed by atoms with E-state index < -0.39 is 35.2 Å². The van der Waals surface area contributed by atoms with Gasteiger partial charge in [-0.2, -0.15) is 10.5 Å². The summed E-state index contributed by atoms with van der Waals surface area (Å²) in [5, 5.41) is 17.9. The van der Waals surface area contributed by atoms with Crippen molar-refractivity contribution in [3.8, 4) is 34.8 Å². The third kappa shape index (κ3) is 11.4. The Morgan fingerprint density at radius 2 is 1.10 bits per heavy atom. The van der Waals surface area contributed by atoms with E-state index in [4.69, 9.17) is 20.0 Å². The SMILES string of the molecule is CC/C(=C\C=C(/C)C#N)c1ccc(OC(=O)c2ccc(CCCCCCCc3ccc(C(=O)Oc4ccc(-c5ccc(C#N)cc5)c(F)c4)c(F)c3)cc2F)cc1F. The molecule has 58 heavy (non-hydrogen) atoms. The molecule has 6 nitrogen and oxygen atoms in total. The second kappa shape index (κ2) is 20.4. The van der Waals surface area contributed by atoms with Crippen molar-refractivity contribution in [2.24, 2.45) is 0 Å². The van der Waals surface area contributed by atoms with Gasteiger partial charge in [-0.05, 0) is 128 Å². The first-order valence-corrected chi connectivity index (χ1v) is 18.9. The minimum absolute atomic E-state index is 0.0595. The Bertz CT molecular complexity index is 2440. The zero-order valence-electron chi connectivity index (χ0n) is 32.1. The van der Waals surface area contributed by atoms with Gasteiger partial charge in [0.2, 0.25) is 0 Å². The molecule has 0 N–H and O–H groups in total. The number of aryl methyl sites for hydroxylation is 2. The lowest BCUT2D eigenvalue weighted by atomic mass is 10.0. The Labute approximate surface area is 335 Å². The molecule has 0 amide bonds. The fourth-order valence-corrected chi connectivity index (χ4v) is 6.27. The summed E-state index contributed by atoms with van der Waals surface area (Å²) in [5.41, 5.74) is 3.63. The molecule has 5 aromatic carbocycles. The minimum Gasteiger partial charge on any atom is -0.423 e. The summed E-state index contributed by atoms with van der Waals surface area (Å²) >= 11 is 0. The molecule has 0 heterocycles. The van der Waals surface area contributed by atoms with E-state index in [2.05, 4.69) is 0 Å². The van der Waals surface area contributed by atoms with E-state index in [-0.39, 0.29) is 28.2 Å². The van der Waals surface area contributed by atoms with Crippen molar-refractivity contribution in [3.63, 3.8) is 0 Å². The van der Waals surface area contributed by atoms with E-state index in [1.54, 1.807) is 55.5 Å². The van der Waals surface area contributed by atoms with Crippen LogP contribution in [0.4, 0.5) is 17.6 Å². The standard InChI is InChI=1S/C48H40F4N2O4/c1-3-35(16-11-31(2)29-53)39-23-19-37(27-45(39)51)57-47(55)41-21-14-32(25-43(41)49)9-7-5-4-6-8-10-33-15-22-42(44(50)26-33)48(56)58-38-20-24-40(46(52)28-38)36-17-12-34(30-54)13-18-36/h11-28H,3-10H2,1-2H3/b31-11+,35-16+. The maximum atomic E-state index is 14.9. The number of allylic oxidation sites excluding steroid dienone is 4. The number of benzene rings is 5. The van der Waals surface area contributed by atoms with E-state index in [1.165, 1.54) is 48.5 Å². The van der Waals surface area contributed by atoms with Gasteiger partial charge in [0.1, 0.15) is 34.8 Å². The van der Waals surface area contributed by atoms with Crippen molar-refractivity contribution in [1.82, 2.24) is 0 Å². The van der Waals surface area contributed by atoms with Crippen LogP contribution in [0.15, 0.2) is 115 Å². The topological polar surface area (TPSA) is 100 Å². The molecular formula is C48H40F4N2O4. The second-order valence-corrected chi connectivity index (χ2v) is 13.7. The smallest absolute Gasteiger partial charge is 0.346 e. The molecule has 0 bridgehead atoms. The fourth-order valence-electron chi connectivity index (χ4n) is 6.27. The zero-order chi connectivity index (χ0) is 41.6. The van der Waals surface area contributed by atoms with Crippen LogP contribution in [0.2, 0.25) is 0 Å². The van der Waals surface area contributed by atoms with Crippen LogP contribution in [0.3, 0.4) is 0 Å². The molecule has 0 saturated heterocycles. The molecule has 5 aromatic rings. The zero-order valence-corrected chi connectivity index (χ0v) is 32.1. The third-order valence-corrected chi connectivity index (χ3v) is 9.50. The molecule has 0 aliphatic heterocycles. The molecule has 0 radical (unpaired) electrons. The Balaban J connectivity index is 1.03. The van der Waals surface area contributed by atoms with Crippen molar-refractivity contribution in [3.05, 3.63) is 171 Å². The minimum atomic E-state index is -0.945. The predicted octanol–water partition coefficient (Wildman–Crippen LogP) is 12.2. The van der Waals surface area contributed by atoms with Gasteiger partial charge in [0.15, 0.2) is 0 Å². The lowest BCUT2D eigenvalue weighted by Crippen LogP contribution is -2.11. The van der Waals surface area contributed by atoms with Crippen molar-refractivity contribution in [2.75, 3.05) is 0 Å². The van der Waals surface area contributed by atoms with E-state index in [0.717, 1.165) is 55.4 Å². The van der Waals surface area contributed by atoms with Crippen LogP contribution in [0, 0.1) is 45.9 Å². The van der Waals surface area contributed by atoms with E-state index in [1.807, 2.05) is 19.1 Å². The summed E-state index contributed by atoms with van der Waals surface area (Å²) in [6, 6.07) is 27.0. The molecule has 294 valence electrons. The van der Waals surface area contributed by atoms with Gasteiger partial charge in [0.05, 0.1) is 28.8 Å². The summed E-state index contributed by atoms with van der Waals surface area (Å²) < 4.78 is 70.1. The van der Waals surface area contributed by atoms with Gasteiger partial charge in [-0.25, -0.2) is 27.2 Å². The molecule has 0 unspecified atom stereocenters. The maximum Gasteiger partial charge on any atom is 0.346 e. The first-order valence-electron chi connectivity index (χ1n) is 18.9. The molecule has 0 atom stereocenters. The summed E-state index contributed by atoms with van der Waals surface area (Å²) in [7, 11) is 0. The fraction of sp³-hybridized carbons (Fsp3) is 0.208. The number of esters is 2. The number of hydrogen-bond acceptors (Lipinski definition) is 6. The van der Waals surface area contributed by atoms with E-state index in [0.29, 0.717) is 47.1 Å². The molecule has 0 aliphatic carbocycles. The number of unbranched alkanes of at least 4 members (excludes halogenated alkanes) is 4. The molecule has 0 saturated carbocycles. The average molecular weight is 785 g/mol. The Morgan fingerprint density at radius 1 is 0.603 bits per heavy atom. The number of nitrogens with zero attached hydrogens (tertiary/aromatic N) is 2. The quantitative estimate of drug-likeness (QED) is 0.0247. The monoisotopic (exact) mass is 784 g/mol. The Hall–Kier alpha value is -6.78. The number of halogens is 4. The number of rotatable bonds is 16. The number of nitriles is 2. The van der Waals surface area contributed by atoms with Crippen LogP contribution < -0.4 is 9.47 Å². The van der Waals surface area contributed by atoms with Crippen molar-refractivity contribution in [2.45, 2.75) is 65.2 Å². The molecule has 0 spiro atoms. The lowest BCUT2D eigenvalue weighted by Gasteiger charge is -2.10. The number of hydrogen-bond donors (Lipinski definition) is 0. The van der Waals surface area contributed by atoms with Crippen LogP contribution in [-0.2, 0) is 12.8 Å². The largest absolute Gasteiger partial charge is 0.423 e. The molecule has 10 heteroatoms. The highest BCUT2D eigenvalue weighted by Crippen LogP contribution is 2.29. The summed E-state index contributed by atoms with van der Waals surface area (Å²) in [5.74, 6) is -4.72. The van der Waals surface area contributed by atoms with Crippen LogP contribution in [-0.4, -0.2) is 11.9 Å². The van der Waals surface area contributed by atoms with Crippen LogP contribution in [0.25, 0.3) is 16.7 Å². The van der Waals surface area contributed by atoms with Gasteiger partial charge in [0, 0.05) is 28.8 Å². The third-order valence-electron chi connectivity index (χ3n) is 9.50. The van der Waals surface area contributed by atoms with Crippen LogP contribution in [0.1, 0.15) is 95.3 Å². The second-order valence-electron chi connectivity index (χ2n) is 13.7. The van der Waals surface area contributed by atoms with E-state index in [9.17, 15) is 27.2 Å². The van der Waals surface area contributed by atoms with Gasteiger partial charge >= 0.3 is 11.9 Å². The molecule has 0 aliphatic rings. The predicted molar refractivity (Wildman–Crippen MR) is 214 cm³/mol. The first-order chi connectivity index (χ1) is 28.0. The summed E-state index contributed by atoms with van der Waals surface area (Å²) in [6.45, 7) is 3.50. The highest BCUT2D eigenvalue weighted by molar-refractivity contribution is 5.92. The van der Waals surface area contributed by atoms with Gasteiger partial charge in [-0.1, -0.05) is 56.5 Å². The maximum absolute atomic E-state index is 14.9. The van der Waals surface area contributed by atoms with Crippen molar-refractivity contribution < 1.29 is 36.6 Å². The molecule has 0 fully saturated rings. The average Bonchev–Trinajstić information content (AvgIpc) is 3.21. The Kier molecular flexibility index (Phi) is 14.9. The van der Waals surface area contributed by atoms with Crippen molar-refractivity contribution in [1.29, 1.82) is 10.5 Å². The van der Waals surface area contributed by atoms with Crippen molar-refractivity contribution >= 4 is 17.5 Å². The van der Waals surface area contributed by atoms with E-state index >= 15 is 0 Å². The highest BCUT2D eigenvalue weighted by Gasteiger charge is 2.18. The van der Waals surface area contributed by atoms with Gasteiger partial charge in [0.25, 0.3) is 0 Å². The first kappa shape index (κ1) is 42.4. The van der Waals surface area contributed by atoms with Crippen LogP contribution >= 0.6 is 0 Å². The molecular weight excluding hydrogens is 745 g/mol. The summed E-state index contributed by atoms with van der Waals surface area (Å²) in [4.78, 5) is 25.4. The summed E-state index contributed by atoms with van der Waals surface area (Å²) in [6.07, 6.45) is 9.24. The van der Waals surface area contributed by atoms with Crippen LogP contribution in [0.5, 0.6) is 11.5 Å². The highest BCUT2D eigenvalue weighted by atomic mass is 19.1. The number of ether oxygens (including phenoxy) is 2. The number of carbonyl (C=O) groups is 2. The van der Waals surface area contributed by atoms with Gasteiger partial charge in [-0.15, -0.1) is 0 Å². The number of carbonyl (C=O) groups excluding carboxylic acids is 2.